The van der Waals surface area contributed by atoms with E-state index in [-0.39, 0.29) is 18.5 Å². The molecule has 7 nitrogen and oxygen atoms in total. The first-order valence-corrected chi connectivity index (χ1v) is 10.6. The Balaban J connectivity index is 1.83. The zero-order valence-electron chi connectivity index (χ0n) is 18.7. The summed E-state index contributed by atoms with van der Waals surface area (Å²) in [5.74, 6) is 0.0537. The summed E-state index contributed by atoms with van der Waals surface area (Å²) >= 11 is 0. The molecular formula is C26H25N3O4. The fraction of sp³-hybridized carbons (Fsp3) is 0.192. The van der Waals surface area contributed by atoms with E-state index in [0.29, 0.717) is 22.3 Å². The summed E-state index contributed by atoms with van der Waals surface area (Å²) in [4.78, 5) is 39.8. The summed E-state index contributed by atoms with van der Waals surface area (Å²) in [7, 11) is 1.48. The molecule has 168 valence electrons. The van der Waals surface area contributed by atoms with Gasteiger partial charge in [0.05, 0.1) is 29.7 Å². The van der Waals surface area contributed by atoms with Crippen molar-refractivity contribution in [2.45, 2.75) is 26.4 Å². The Hall–Kier alpha value is -4.13. The molecule has 0 aliphatic carbocycles. The second-order valence-corrected chi connectivity index (χ2v) is 7.90. The number of benzene rings is 3. The van der Waals surface area contributed by atoms with Gasteiger partial charge in [0, 0.05) is 0 Å². The Bertz CT molecular complexity index is 1440. The van der Waals surface area contributed by atoms with Crippen molar-refractivity contribution in [2.24, 2.45) is 0 Å². The molecule has 4 aromatic rings. The third kappa shape index (κ3) is 4.30. The number of methoxy groups -OCH3 is 1. The van der Waals surface area contributed by atoms with Gasteiger partial charge in [0.25, 0.3) is 5.56 Å². The van der Waals surface area contributed by atoms with Gasteiger partial charge in [0.1, 0.15) is 12.3 Å². The van der Waals surface area contributed by atoms with Crippen LogP contribution in [-0.4, -0.2) is 22.2 Å². The molecule has 1 amide bonds. The molecule has 0 bridgehead atoms. The van der Waals surface area contributed by atoms with E-state index in [9.17, 15) is 14.4 Å². The maximum Gasteiger partial charge on any atom is 0.336 e. The molecule has 0 aliphatic heterocycles. The van der Waals surface area contributed by atoms with Crippen molar-refractivity contribution in [3.05, 3.63) is 105 Å². The highest BCUT2D eigenvalue weighted by Gasteiger charge is 2.19. The summed E-state index contributed by atoms with van der Waals surface area (Å²) in [6.45, 7) is 3.52. The van der Waals surface area contributed by atoms with Crippen LogP contribution in [0.2, 0.25) is 0 Å². The van der Waals surface area contributed by atoms with Gasteiger partial charge in [-0.15, -0.1) is 0 Å². The molecule has 0 spiro atoms. The lowest BCUT2D eigenvalue weighted by Crippen LogP contribution is -2.42. The quantitative estimate of drug-likeness (QED) is 0.496. The van der Waals surface area contributed by atoms with E-state index >= 15 is 0 Å². The van der Waals surface area contributed by atoms with E-state index in [2.05, 4.69) is 5.32 Å². The maximum atomic E-state index is 13.5. The zero-order chi connectivity index (χ0) is 23.5. The first-order valence-electron chi connectivity index (χ1n) is 10.6. The van der Waals surface area contributed by atoms with Crippen molar-refractivity contribution in [2.75, 3.05) is 7.11 Å². The largest absolute Gasteiger partial charge is 0.495 e. The summed E-state index contributed by atoms with van der Waals surface area (Å²) in [6.07, 6.45) is 0. The lowest BCUT2D eigenvalue weighted by molar-refractivity contribution is -0.122. The third-order valence-electron chi connectivity index (χ3n) is 5.60. The number of hydrogen-bond acceptors (Lipinski definition) is 4. The molecule has 0 fully saturated rings. The lowest BCUT2D eigenvalue weighted by atomic mass is 10.1. The molecule has 0 saturated carbocycles. The maximum absolute atomic E-state index is 13.5. The summed E-state index contributed by atoms with van der Waals surface area (Å²) in [5, 5.41) is 3.28. The SMILES string of the molecule is COc1ccccc1-n1c(=O)c2cc(C)ccc2n(CC(=O)N[C@H](C)c2ccccc2)c1=O. The fourth-order valence-electron chi connectivity index (χ4n) is 3.92. The van der Waals surface area contributed by atoms with Crippen LogP contribution in [0.1, 0.15) is 24.1 Å². The van der Waals surface area contributed by atoms with Gasteiger partial charge in [0.15, 0.2) is 0 Å². The molecule has 7 heteroatoms. The number of rotatable bonds is 6. The number of fused-ring (bicyclic) bond motifs is 1. The number of amides is 1. The molecule has 0 saturated heterocycles. The topological polar surface area (TPSA) is 82.3 Å². The number of aromatic nitrogens is 2. The molecule has 4 rings (SSSR count). The van der Waals surface area contributed by atoms with Gasteiger partial charge >= 0.3 is 5.69 Å². The molecule has 1 N–H and O–H groups in total. The van der Waals surface area contributed by atoms with Gasteiger partial charge < -0.3 is 10.1 Å². The van der Waals surface area contributed by atoms with E-state index in [1.54, 1.807) is 36.4 Å². The summed E-state index contributed by atoms with van der Waals surface area (Å²) in [6, 6.07) is 21.4. The number of para-hydroxylation sites is 2. The lowest BCUT2D eigenvalue weighted by Gasteiger charge is -2.18. The van der Waals surface area contributed by atoms with Gasteiger partial charge in [-0.25, -0.2) is 9.36 Å². The summed E-state index contributed by atoms with van der Waals surface area (Å²) in [5.41, 5.74) is 1.49. The minimum atomic E-state index is -0.608. The minimum absolute atomic E-state index is 0.231. The van der Waals surface area contributed by atoms with E-state index in [1.807, 2.05) is 50.2 Å². The Morgan fingerprint density at radius 1 is 1.00 bits per heavy atom. The fourth-order valence-corrected chi connectivity index (χ4v) is 3.92. The van der Waals surface area contributed by atoms with Crippen molar-refractivity contribution in [1.29, 1.82) is 0 Å². The molecule has 0 unspecified atom stereocenters. The standard InChI is InChI=1S/C26H25N3O4/c1-17-13-14-21-20(15-17)25(31)29(22-11-7-8-12-23(22)33-3)26(32)28(21)16-24(30)27-18(2)19-9-5-4-6-10-19/h4-15,18H,16H2,1-3H3,(H,27,30)/t18-/m1/s1. The molecule has 0 radical (unpaired) electrons. The second kappa shape index (κ2) is 9.16. The zero-order valence-corrected chi connectivity index (χ0v) is 18.7. The van der Waals surface area contributed by atoms with Crippen LogP contribution in [0.15, 0.2) is 82.4 Å². The van der Waals surface area contributed by atoms with Crippen molar-refractivity contribution >= 4 is 16.8 Å². The molecule has 1 heterocycles. The van der Waals surface area contributed by atoms with Crippen LogP contribution in [-0.2, 0) is 11.3 Å². The van der Waals surface area contributed by atoms with Gasteiger partial charge in [-0.2, -0.15) is 0 Å². The molecule has 3 aromatic carbocycles. The van der Waals surface area contributed by atoms with Crippen LogP contribution in [0, 0.1) is 6.92 Å². The number of hydrogen-bond donors (Lipinski definition) is 1. The predicted molar refractivity (Wildman–Crippen MR) is 128 cm³/mol. The number of aryl methyl sites for hydroxylation is 1. The number of nitrogens with zero attached hydrogens (tertiary/aromatic N) is 2. The molecule has 0 aliphatic rings. The summed E-state index contributed by atoms with van der Waals surface area (Å²) < 4.78 is 7.77. The van der Waals surface area contributed by atoms with E-state index in [0.717, 1.165) is 15.7 Å². The predicted octanol–water partition coefficient (Wildman–Crippen LogP) is 3.35. The van der Waals surface area contributed by atoms with Crippen LogP contribution in [0.5, 0.6) is 5.75 Å². The average Bonchev–Trinajstić information content (AvgIpc) is 2.83. The first-order chi connectivity index (χ1) is 15.9. The van der Waals surface area contributed by atoms with E-state index in [1.165, 1.54) is 11.7 Å². The van der Waals surface area contributed by atoms with Crippen molar-refractivity contribution in [3.63, 3.8) is 0 Å². The van der Waals surface area contributed by atoms with Gasteiger partial charge in [0.2, 0.25) is 5.91 Å². The molecule has 1 aromatic heterocycles. The Labute approximate surface area is 190 Å². The Morgan fingerprint density at radius 2 is 1.70 bits per heavy atom. The Kier molecular flexibility index (Phi) is 6.13. The van der Waals surface area contributed by atoms with Gasteiger partial charge in [-0.05, 0) is 43.7 Å². The van der Waals surface area contributed by atoms with Crippen molar-refractivity contribution in [3.8, 4) is 11.4 Å². The smallest absolute Gasteiger partial charge is 0.336 e. The third-order valence-corrected chi connectivity index (χ3v) is 5.60. The monoisotopic (exact) mass is 443 g/mol. The number of carbonyl (C=O) groups excluding carboxylic acids is 1. The number of carbonyl (C=O) groups is 1. The van der Waals surface area contributed by atoms with Crippen LogP contribution in [0.3, 0.4) is 0 Å². The first kappa shape index (κ1) is 22.1. The van der Waals surface area contributed by atoms with Gasteiger partial charge in [-0.3, -0.25) is 14.2 Å². The highest BCUT2D eigenvalue weighted by Crippen LogP contribution is 2.21. The van der Waals surface area contributed by atoms with Crippen LogP contribution in [0.25, 0.3) is 16.6 Å². The normalized spacial score (nSPS) is 11.8. The highest BCUT2D eigenvalue weighted by molar-refractivity contribution is 5.82. The van der Waals surface area contributed by atoms with Gasteiger partial charge in [-0.1, -0.05) is 54.1 Å². The number of ether oxygens (including phenoxy) is 1. The molecule has 1 atom stereocenters. The average molecular weight is 444 g/mol. The number of nitrogens with one attached hydrogen (secondary N) is 1. The second-order valence-electron chi connectivity index (χ2n) is 7.90. The highest BCUT2D eigenvalue weighted by atomic mass is 16.5. The van der Waals surface area contributed by atoms with Crippen LogP contribution < -0.4 is 21.3 Å². The molecule has 33 heavy (non-hydrogen) atoms. The minimum Gasteiger partial charge on any atom is -0.495 e. The van der Waals surface area contributed by atoms with E-state index in [4.69, 9.17) is 4.74 Å². The van der Waals surface area contributed by atoms with Crippen molar-refractivity contribution in [1.82, 2.24) is 14.5 Å². The van der Waals surface area contributed by atoms with Crippen molar-refractivity contribution < 1.29 is 9.53 Å². The van der Waals surface area contributed by atoms with Crippen LogP contribution in [0.4, 0.5) is 0 Å². The van der Waals surface area contributed by atoms with Crippen LogP contribution >= 0.6 is 0 Å². The van der Waals surface area contributed by atoms with E-state index < -0.39 is 11.2 Å². The molecular weight excluding hydrogens is 418 g/mol. The Morgan fingerprint density at radius 3 is 2.42 bits per heavy atom.